The molecule has 1 aliphatic heterocycles. The van der Waals surface area contributed by atoms with Gasteiger partial charge >= 0.3 is 0 Å². The molecule has 5 heteroatoms. The Morgan fingerprint density at radius 1 is 1.20 bits per heavy atom. The van der Waals surface area contributed by atoms with E-state index in [0.717, 1.165) is 28.7 Å². The number of nitrogens with zero attached hydrogens (tertiary/aromatic N) is 3. The number of fused-ring (bicyclic) bond motifs is 2. The molecule has 0 bridgehead atoms. The first kappa shape index (κ1) is 12.1. The zero-order valence-electron chi connectivity index (χ0n) is 11.8. The van der Waals surface area contributed by atoms with E-state index in [2.05, 4.69) is 38.3 Å². The van der Waals surface area contributed by atoms with Crippen molar-refractivity contribution >= 4 is 16.9 Å². The normalized spacial score (nSPS) is 29.6. The zero-order valence-corrected chi connectivity index (χ0v) is 11.8. The molecule has 1 saturated heterocycles. The van der Waals surface area contributed by atoms with Crippen molar-refractivity contribution in [3.63, 3.8) is 0 Å². The van der Waals surface area contributed by atoms with E-state index in [-0.39, 0.29) is 0 Å². The Balaban J connectivity index is 1.60. The van der Waals surface area contributed by atoms with Crippen LogP contribution in [0.4, 0.5) is 5.82 Å². The second kappa shape index (κ2) is 4.74. The summed E-state index contributed by atoms with van der Waals surface area (Å²) in [5.74, 6) is 2.81. The van der Waals surface area contributed by atoms with Crippen LogP contribution in [-0.4, -0.2) is 41.1 Å². The monoisotopic (exact) mass is 271 g/mol. The lowest BCUT2D eigenvalue weighted by Gasteiger charge is -2.37. The third kappa shape index (κ3) is 1.88. The summed E-state index contributed by atoms with van der Waals surface area (Å²) >= 11 is 0. The summed E-state index contributed by atoms with van der Waals surface area (Å²) in [6.07, 6.45) is 7.50. The molecule has 2 aromatic heterocycles. The summed E-state index contributed by atoms with van der Waals surface area (Å²) in [6, 6.07) is 2.67. The second-order valence-corrected chi connectivity index (χ2v) is 6.19. The quantitative estimate of drug-likeness (QED) is 0.874. The number of hydrogen-bond acceptors (Lipinski definition) is 4. The Morgan fingerprint density at radius 2 is 2.10 bits per heavy atom. The van der Waals surface area contributed by atoms with Crippen LogP contribution in [0.15, 0.2) is 18.6 Å². The average Bonchev–Trinajstić information content (AvgIpc) is 3.13. The molecule has 2 N–H and O–H groups in total. The lowest BCUT2D eigenvalue weighted by molar-refractivity contribution is 0.266. The summed E-state index contributed by atoms with van der Waals surface area (Å²) in [5.41, 5.74) is 0.929. The van der Waals surface area contributed by atoms with Crippen molar-refractivity contribution in [1.82, 2.24) is 20.3 Å². The molecule has 20 heavy (non-hydrogen) atoms. The highest BCUT2D eigenvalue weighted by atomic mass is 15.2. The Hall–Kier alpha value is -1.62. The van der Waals surface area contributed by atoms with Crippen molar-refractivity contribution in [2.45, 2.75) is 25.3 Å². The highest BCUT2D eigenvalue weighted by Gasteiger charge is 2.35. The molecule has 2 aromatic rings. The Bertz CT molecular complexity index is 607. The summed E-state index contributed by atoms with van der Waals surface area (Å²) in [7, 11) is 2.18. The Labute approximate surface area is 118 Å². The molecular formula is C15H21N5. The van der Waals surface area contributed by atoms with Crippen molar-refractivity contribution < 1.29 is 0 Å². The predicted octanol–water partition coefficient (Wildman–Crippen LogP) is 1.78. The average molecular weight is 271 g/mol. The fourth-order valence-electron chi connectivity index (χ4n) is 3.94. The van der Waals surface area contributed by atoms with E-state index < -0.39 is 0 Å². The van der Waals surface area contributed by atoms with Crippen LogP contribution < -0.4 is 10.2 Å². The maximum absolute atomic E-state index is 4.52. The smallest absolute Gasteiger partial charge is 0.142 e. The number of anilines is 1. The number of aromatic nitrogens is 3. The van der Waals surface area contributed by atoms with E-state index in [1.807, 2.05) is 6.20 Å². The van der Waals surface area contributed by atoms with Gasteiger partial charge in [-0.15, -0.1) is 0 Å². The van der Waals surface area contributed by atoms with Gasteiger partial charge in [0.05, 0.1) is 5.39 Å². The van der Waals surface area contributed by atoms with Gasteiger partial charge in [0.1, 0.15) is 17.8 Å². The molecule has 2 fully saturated rings. The van der Waals surface area contributed by atoms with Crippen LogP contribution in [0, 0.1) is 11.8 Å². The van der Waals surface area contributed by atoms with E-state index in [4.69, 9.17) is 0 Å². The van der Waals surface area contributed by atoms with Gasteiger partial charge < -0.3 is 15.2 Å². The summed E-state index contributed by atoms with van der Waals surface area (Å²) in [4.78, 5) is 14.3. The van der Waals surface area contributed by atoms with Crippen LogP contribution in [0.2, 0.25) is 0 Å². The van der Waals surface area contributed by atoms with Crippen LogP contribution in [-0.2, 0) is 0 Å². The molecule has 1 aliphatic carbocycles. The molecule has 0 spiro atoms. The summed E-state index contributed by atoms with van der Waals surface area (Å²) in [6.45, 7) is 2.41. The molecule has 0 amide bonds. The van der Waals surface area contributed by atoms with Crippen molar-refractivity contribution in [2.24, 2.45) is 11.8 Å². The first-order valence-electron chi connectivity index (χ1n) is 7.54. The van der Waals surface area contributed by atoms with Crippen molar-refractivity contribution in [3.05, 3.63) is 18.6 Å². The number of hydrogen-bond donors (Lipinski definition) is 2. The first-order chi connectivity index (χ1) is 9.83. The minimum Gasteiger partial charge on any atom is -0.356 e. The van der Waals surface area contributed by atoms with Crippen molar-refractivity contribution in [1.29, 1.82) is 0 Å². The molecule has 5 nitrogen and oxygen atoms in total. The van der Waals surface area contributed by atoms with E-state index in [0.29, 0.717) is 6.04 Å². The van der Waals surface area contributed by atoms with Gasteiger partial charge in [-0.1, -0.05) is 0 Å². The maximum atomic E-state index is 4.52. The van der Waals surface area contributed by atoms with Gasteiger partial charge in [-0.25, -0.2) is 9.97 Å². The van der Waals surface area contributed by atoms with E-state index in [1.54, 1.807) is 6.33 Å². The van der Waals surface area contributed by atoms with Gasteiger partial charge in [0.15, 0.2) is 0 Å². The number of rotatable bonds is 2. The molecule has 0 radical (unpaired) electrons. The molecule has 0 aromatic carbocycles. The van der Waals surface area contributed by atoms with Gasteiger partial charge in [-0.05, 0) is 50.3 Å². The van der Waals surface area contributed by atoms with E-state index in [9.17, 15) is 0 Å². The highest BCUT2D eigenvalue weighted by molar-refractivity contribution is 5.87. The zero-order chi connectivity index (χ0) is 13.5. The SMILES string of the molecule is CN(c1ncnc2[nH]ccc12)C1CCC2CNCC2C1. The third-order valence-electron chi connectivity index (χ3n) is 5.14. The molecule has 1 saturated carbocycles. The molecule has 3 atom stereocenters. The first-order valence-corrected chi connectivity index (χ1v) is 7.54. The van der Waals surface area contributed by atoms with Gasteiger partial charge in [0.25, 0.3) is 0 Å². The fourth-order valence-corrected chi connectivity index (χ4v) is 3.94. The van der Waals surface area contributed by atoms with Gasteiger partial charge in [0, 0.05) is 19.3 Å². The predicted molar refractivity (Wildman–Crippen MR) is 79.8 cm³/mol. The number of nitrogens with one attached hydrogen (secondary N) is 2. The minimum absolute atomic E-state index is 0.601. The molecule has 3 heterocycles. The number of aromatic amines is 1. The lowest BCUT2D eigenvalue weighted by atomic mass is 9.78. The minimum atomic E-state index is 0.601. The molecule has 2 aliphatic rings. The van der Waals surface area contributed by atoms with Crippen LogP contribution in [0.1, 0.15) is 19.3 Å². The standard InChI is InChI=1S/C15H21N5/c1-20(12-3-2-10-7-16-8-11(10)6-12)15-13-4-5-17-14(13)18-9-19-15/h4-5,9-12,16H,2-3,6-8H2,1H3,(H,17,18,19). The lowest BCUT2D eigenvalue weighted by Crippen LogP contribution is -2.39. The largest absolute Gasteiger partial charge is 0.356 e. The topological polar surface area (TPSA) is 56.8 Å². The van der Waals surface area contributed by atoms with Gasteiger partial charge in [-0.3, -0.25) is 0 Å². The van der Waals surface area contributed by atoms with E-state index in [1.165, 1.54) is 32.4 Å². The Morgan fingerprint density at radius 3 is 3.05 bits per heavy atom. The van der Waals surface area contributed by atoms with Crippen molar-refractivity contribution in [3.8, 4) is 0 Å². The van der Waals surface area contributed by atoms with Crippen LogP contribution in [0.3, 0.4) is 0 Å². The fraction of sp³-hybridized carbons (Fsp3) is 0.600. The Kier molecular flexibility index (Phi) is 2.88. The number of H-pyrrole nitrogens is 1. The maximum Gasteiger partial charge on any atom is 0.142 e. The summed E-state index contributed by atoms with van der Waals surface area (Å²) in [5, 5.41) is 4.67. The van der Waals surface area contributed by atoms with Crippen LogP contribution in [0.5, 0.6) is 0 Å². The molecular weight excluding hydrogens is 250 g/mol. The van der Waals surface area contributed by atoms with Crippen molar-refractivity contribution in [2.75, 3.05) is 25.0 Å². The molecule has 4 rings (SSSR count). The highest BCUT2D eigenvalue weighted by Crippen LogP contribution is 2.36. The van der Waals surface area contributed by atoms with Gasteiger partial charge in [-0.2, -0.15) is 0 Å². The molecule has 106 valence electrons. The molecule has 3 unspecified atom stereocenters. The third-order valence-corrected chi connectivity index (χ3v) is 5.14. The second-order valence-electron chi connectivity index (χ2n) is 6.19. The van der Waals surface area contributed by atoms with Crippen LogP contribution >= 0.6 is 0 Å². The van der Waals surface area contributed by atoms with E-state index >= 15 is 0 Å². The van der Waals surface area contributed by atoms with Gasteiger partial charge in [0.2, 0.25) is 0 Å². The van der Waals surface area contributed by atoms with Crippen LogP contribution in [0.25, 0.3) is 11.0 Å². The summed E-state index contributed by atoms with van der Waals surface area (Å²) < 4.78 is 0.